The van der Waals surface area contributed by atoms with Gasteiger partial charge in [0.25, 0.3) is 0 Å². The maximum atomic E-state index is 13.7. The number of hydrogen-bond acceptors (Lipinski definition) is 6. The molecule has 240 valence electrons. The molecule has 0 radical (unpaired) electrons. The highest BCUT2D eigenvalue weighted by Crippen LogP contribution is 2.20. The number of aliphatic carboxylic acids is 1. The number of H-pyrrole nitrogens is 1. The third kappa shape index (κ3) is 9.04. The minimum atomic E-state index is -1.31. The molecular formula is C31H44N6O7. The number of hydrogen-bond donors (Lipinski definition) is 7. The van der Waals surface area contributed by atoms with E-state index in [1.54, 1.807) is 13.1 Å². The molecule has 3 rings (SSSR count). The Kier molecular flexibility index (Phi) is 11.9. The summed E-state index contributed by atoms with van der Waals surface area (Å²) in [6.07, 6.45) is 1.91. The summed E-state index contributed by atoms with van der Waals surface area (Å²) in [6, 6.07) is 1.85. The molecule has 6 atom stereocenters. The zero-order valence-electron chi connectivity index (χ0n) is 25.9. The first kappa shape index (κ1) is 34.1. The fraction of sp³-hybridized carbons (Fsp3) is 0.548. The summed E-state index contributed by atoms with van der Waals surface area (Å²) in [7, 11) is 0. The molecule has 1 aromatic heterocycles. The fourth-order valence-electron chi connectivity index (χ4n) is 5.14. The van der Waals surface area contributed by atoms with Gasteiger partial charge in [0.1, 0.15) is 30.2 Å². The predicted molar refractivity (Wildman–Crippen MR) is 163 cm³/mol. The predicted octanol–water partition coefficient (Wildman–Crippen LogP) is 1.12. The van der Waals surface area contributed by atoms with Crippen LogP contribution in [0.3, 0.4) is 0 Å². The van der Waals surface area contributed by atoms with Crippen molar-refractivity contribution < 1.29 is 33.9 Å². The zero-order chi connectivity index (χ0) is 32.6. The molecular weight excluding hydrogens is 568 g/mol. The Hall–Kier alpha value is -4.42. The first-order valence-corrected chi connectivity index (χ1v) is 15.1. The minimum absolute atomic E-state index is 0.00656. The van der Waals surface area contributed by atoms with Gasteiger partial charge in [-0.2, -0.15) is 0 Å². The molecule has 2 aromatic rings. The van der Waals surface area contributed by atoms with Gasteiger partial charge in [-0.1, -0.05) is 52.3 Å². The summed E-state index contributed by atoms with van der Waals surface area (Å²) in [5, 5.41) is 23.5. The topological polar surface area (TPSA) is 199 Å². The molecule has 0 bridgehead atoms. The third-order valence-corrected chi connectivity index (χ3v) is 7.90. The number of carbonyl (C=O) groups is 6. The third-order valence-electron chi connectivity index (χ3n) is 7.90. The van der Waals surface area contributed by atoms with E-state index in [0.717, 1.165) is 16.5 Å². The Morgan fingerprint density at radius 3 is 2.09 bits per heavy atom. The number of nitrogens with one attached hydrogen (secondary N) is 6. The van der Waals surface area contributed by atoms with Gasteiger partial charge in [0.15, 0.2) is 0 Å². The van der Waals surface area contributed by atoms with Gasteiger partial charge >= 0.3 is 5.97 Å². The van der Waals surface area contributed by atoms with Gasteiger partial charge in [0, 0.05) is 29.9 Å². The van der Waals surface area contributed by atoms with Crippen molar-refractivity contribution in [2.75, 3.05) is 0 Å². The molecule has 1 aromatic carbocycles. The number of amides is 5. The highest BCUT2D eigenvalue weighted by atomic mass is 16.4. The highest BCUT2D eigenvalue weighted by Gasteiger charge is 2.35. The van der Waals surface area contributed by atoms with Gasteiger partial charge in [0.05, 0.1) is 0 Å². The molecule has 1 fully saturated rings. The van der Waals surface area contributed by atoms with E-state index < -0.39 is 72.1 Å². The number of aromatic nitrogens is 1. The van der Waals surface area contributed by atoms with Gasteiger partial charge in [-0.25, -0.2) is 0 Å². The quantitative estimate of drug-likeness (QED) is 0.220. The van der Waals surface area contributed by atoms with Crippen LogP contribution in [0.5, 0.6) is 0 Å². The van der Waals surface area contributed by atoms with Crippen molar-refractivity contribution in [2.24, 2.45) is 11.8 Å². The average Bonchev–Trinajstić information content (AvgIpc) is 3.38. The monoisotopic (exact) mass is 612 g/mol. The van der Waals surface area contributed by atoms with Crippen molar-refractivity contribution in [1.29, 1.82) is 0 Å². The number of rotatable bonds is 9. The van der Waals surface area contributed by atoms with Crippen LogP contribution in [-0.2, 0) is 35.2 Å². The highest BCUT2D eigenvalue weighted by molar-refractivity contribution is 5.98. The molecule has 0 saturated carbocycles. The molecule has 13 nitrogen and oxygen atoms in total. The molecule has 44 heavy (non-hydrogen) atoms. The Labute approximate surface area is 256 Å². The van der Waals surface area contributed by atoms with Crippen LogP contribution >= 0.6 is 0 Å². The van der Waals surface area contributed by atoms with Crippen molar-refractivity contribution in [3.05, 3.63) is 36.0 Å². The van der Waals surface area contributed by atoms with E-state index in [1.165, 1.54) is 6.92 Å². The first-order valence-electron chi connectivity index (χ1n) is 15.1. The molecule has 2 heterocycles. The number of benzene rings is 1. The van der Waals surface area contributed by atoms with Crippen LogP contribution in [0.15, 0.2) is 30.5 Å². The van der Waals surface area contributed by atoms with Gasteiger partial charge in [-0.05, 0) is 43.2 Å². The second-order valence-corrected chi connectivity index (χ2v) is 11.9. The Morgan fingerprint density at radius 1 is 0.818 bits per heavy atom. The maximum absolute atomic E-state index is 13.7. The summed E-state index contributed by atoms with van der Waals surface area (Å²) >= 11 is 0. The Bertz CT molecular complexity index is 1370. The summed E-state index contributed by atoms with van der Waals surface area (Å²) in [5.74, 6) is -4.76. The van der Waals surface area contributed by atoms with Gasteiger partial charge in [-0.15, -0.1) is 0 Å². The second kappa shape index (κ2) is 15.3. The van der Waals surface area contributed by atoms with E-state index in [9.17, 15) is 33.9 Å². The summed E-state index contributed by atoms with van der Waals surface area (Å²) in [5.41, 5.74) is 1.56. The van der Waals surface area contributed by atoms with E-state index in [1.807, 2.05) is 45.0 Å². The number of carbonyl (C=O) groups excluding carboxylic acids is 5. The van der Waals surface area contributed by atoms with Crippen LogP contribution in [-0.4, -0.2) is 75.8 Å². The van der Waals surface area contributed by atoms with Crippen molar-refractivity contribution in [1.82, 2.24) is 31.6 Å². The molecule has 0 unspecified atom stereocenters. The summed E-state index contributed by atoms with van der Waals surface area (Å²) in [4.78, 5) is 81.9. The van der Waals surface area contributed by atoms with Crippen LogP contribution in [0.4, 0.5) is 0 Å². The second-order valence-electron chi connectivity index (χ2n) is 11.9. The molecule has 5 amide bonds. The zero-order valence-corrected chi connectivity index (χ0v) is 25.9. The Morgan fingerprint density at radius 2 is 1.43 bits per heavy atom. The van der Waals surface area contributed by atoms with Crippen LogP contribution in [0, 0.1) is 11.8 Å². The Balaban J connectivity index is 2.06. The summed E-state index contributed by atoms with van der Waals surface area (Å²) < 4.78 is 0. The molecule has 7 N–H and O–H groups in total. The first-order chi connectivity index (χ1) is 20.8. The lowest BCUT2D eigenvalue weighted by atomic mass is 9.96. The number of aromatic amines is 1. The normalized spacial score (nSPS) is 24.8. The SMILES string of the molecule is CC[C@H](C)[C@@H]1NC(=O)[C@H](C)NC(=O)[C@H](CCC(=O)O)NC(=O)[C@@H](Cc2c[nH]c3ccccc23)NC(=O)[C@@H](CC(C)C)NC1=O. The average molecular weight is 613 g/mol. The van der Waals surface area contributed by atoms with Gasteiger partial charge in [0.2, 0.25) is 29.5 Å². The molecule has 13 heteroatoms. The number of carboxylic acids is 1. The van der Waals surface area contributed by atoms with Gasteiger partial charge in [-0.3, -0.25) is 28.8 Å². The number of fused-ring (bicyclic) bond motifs is 1. The van der Waals surface area contributed by atoms with Crippen molar-refractivity contribution >= 4 is 46.4 Å². The van der Waals surface area contributed by atoms with Crippen molar-refractivity contribution in [3.63, 3.8) is 0 Å². The van der Waals surface area contributed by atoms with E-state index >= 15 is 0 Å². The van der Waals surface area contributed by atoms with Crippen molar-refractivity contribution in [2.45, 2.75) is 96.9 Å². The summed E-state index contributed by atoms with van der Waals surface area (Å²) in [6.45, 7) is 8.87. The maximum Gasteiger partial charge on any atom is 0.303 e. The molecule has 0 aliphatic carbocycles. The number of carboxylic acid groups (broad SMARTS) is 1. The number of para-hydroxylation sites is 1. The lowest BCUT2D eigenvalue weighted by Crippen LogP contribution is -2.59. The minimum Gasteiger partial charge on any atom is -0.481 e. The lowest BCUT2D eigenvalue weighted by molar-refractivity contribution is -0.138. The standard InChI is InChI=1S/C31H44N6O7/c1-6-17(4)26-31(44)36-23(13-16(2)3)29(42)35-24(14-19-15-32-21-10-8-7-9-20(19)21)30(43)34-22(11-12-25(38)39)28(41)33-18(5)27(40)37-26/h7-10,15-18,22-24,26,32H,6,11-14H2,1-5H3,(H,33,41)(H,34,43)(H,35,42)(H,36,44)(H,37,40)(H,38,39)/t17-,18-,22-,23+,24+,26-/m0/s1. The lowest BCUT2D eigenvalue weighted by Gasteiger charge is -2.28. The van der Waals surface area contributed by atoms with Crippen LogP contribution in [0.25, 0.3) is 10.9 Å². The largest absolute Gasteiger partial charge is 0.481 e. The molecule has 1 aliphatic heterocycles. The molecule has 1 aliphatic rings. The van der Waals surface area contributed by atoms with Crippen LogP contribution in [0.1, 0.15) is 65.9 Å². The van der Waals surface area contributed by atoms with Crippen molar-refractivity contribution in [3.8, 4) is 0 Å². The smallest absolute Gasteiger partial charge is 0.303 e. The van der Waals surface area contributed by atoms with Gasteiger partial charge < -0.3 is 36.7 Å². The van der Waals surface area contributed by atoms with E-state index in [-0.39, 0.29) is 31.1 Å². The molecule has 1 saturated heterocycles. The van der Waals surface area contributed by atoms with E-state index in [4.69, 9.17) is 0 Å². The van der Waals surface area contributed by atoms with E-state index in [2.05, 4.69) is 31.6 Å². The van der Waals surface area contributed by atoms with E-state index in [0.29, 0.717) is 6.42 Å². The molecule has 0 spiro atoms. The van der Waals surface area contributed by atoms with Crippen LogP contribution < -0.4 is 26.6 Å². The fourth-order valence-corrected chi connectivity index (χ4v) is 5.14. The van der Waals surface area contributed by atoms with Crippen LogP contribution in [0.2, 0.25) is 0 Å².